The van der Waals surface area contributed by atoms with Gasteiger partial charge in [-0.05, 0) is 30.7 Å². The first-order chi connectivity index (χ1) is 17.2. The quantitative estimate of drug-likeness (QED) is 0.234. The summed E-state index contributed by atoms with van der Waals surface area (Å²) in [7, 11) is 0. The zero-order chi connectivity index (χ0) is 23.8. The number of imidazole rings is 1. The van der Waals surface area contributed by atoms with Crippen LogP contribution in [0.1, 0.15) is 19.8 Å². The number of furan rings is 1. The summed E-state index contributed by atoms with van der Waals surface area (Å²) in [5.74, 6) is 0.650. The molecule has 1 atom stereocenters. The molecule has 9 nitrogen and oxygen atoms in total. The summed E-state index contributed by atoms with van der Waals surface area (Å²) < 4.78 is 5.26. The topological polar surface area (TPSA) is 129 Å². The molecule has 5 aromatic heterocycles. The molecule has 35 heavy (non-hydrogen) atoms. The molecule has 9 heteroatoms. The number of hydrogen-bond acceptors (Lipinski definition) is 7. The Morgan fingerprint density at radius 3 is 2.86 bits per heavy atom. The minimum absolute atomic E-state index is 0.613. The van der Waals surface area contributed by atoms with Gasteiger partial charge >= 0.3 is 0 Å². The molecule has 0 saturated heterocycles. The highest BCUT2D eigenvalue weighted by molar-refractivity contribution is 5.97. The van der Waals surface area contributed by atoms with Crippen molar-refractivity contribution in [1.82, 2.24) is 30.1 Å². The van der Waals surface area contributed by atoms with Crippen LogP contribution in [-0.2, 0) is 0 Å². The van der Waals surface area contributed by atoms with Crippen LogP contribution >= 0.6 is 0 Å². The van der Waals surface area contributed by atoms with Crippen LogP contribution in [0.25, 0.3) is 55.8 Å². The number of hydrogen-bond donors (Lipinski definition) is 4. The minimum Gasteiger partial charge on any atom is -0.472 e. The van der Waals surface area contributed by atoms with Gasteiger partial charge in [-0.1, -0.05) is 25.5 Å². The largest absolute Gasteiger partial charge is 0.472 e. The molecule has 1 aromatic carbocycles. The number of para-hydroxylation sites is 1. The van der Waals surface area contributed by atoms with Crippen molar-refractivity contribution in [2.45, 2.75) is 26.0 Å². The number of H-pyrrole nitrogens is 2. The highest BCUT2D eigenvalue weighted by Gasteiger charge is 2.17. The molecule has 0 aliphatic heterocycles. The van der Waals surface area contributed by atoms with Crippen LogP contribution in [0.5, 0.6) is 0 Å². The maximum Gasteiger partial charge on any atom is 0.159 e. The molecule has 174 valence electrons. The lowest BCUT2D eigenvalue weighted by molar-refractivity contribution is 0.192. The summed E-state index contributed by atoms with van der Waals surface area (Å²) in [5.41, 5.74) is 7.57. The van der Waals surface area contributed by atoms with Gasteiger partial charge in [0, 0.05) is 34.6 Å². The number of nitrogens with one attached hydrogen (secondary N) is 3. The van der Waals surface area contributed by atoms with Crippen LogP contribution in [0.2, 0.25) is 0 Å². The highest BCUT2D eigenvalue weighted by atomic mass is 16.3. The Hall–Kier alpha value is -4.50. The molecule has 0 radical (unpaired) electrons. The monoisotopic (exact) mass is 465 g/mol. The zero-order valence-corrected chi connectivity index (χ0v) is 19.0. The van der Waals surface area contributed by atoms with E-state index in [0.717, 1.165) is 50.8 Å². The molecule has 0 saturated carbocycles. The third kappa shape index (κ3) is 3.91. The van der Waals surface area contributed by atoms with E-state index in [1.165, 1.54) is 0 Å². The Morgan fingerprint density at radius 2 is 2.00 bits per heavy atom. The van der Waals surface area contributed by atoms with Crippen molar-refractivity contribution in [3.63, 3.8) is 0 Å². The summed E-state index contributed by atoms with van der Waals surface area (Å²) in [5, 5.41) is 21.5. The van der Waals surface area contributed by atoms with Gasteiger partial charge < -0.3 is 19.8 Å². The zero-order valence-electron chi connectivity index (χ0n) is 19.0. The van der Waals surface area contributed by atoms with Crippen molar-refractivity contribution in [2.24, 2.45) is 0 Å². The summed E-state index contributed by atoms with van der Waals surface area (Å²) in [4.78, 5) is 17.2. The first-order valence-corrected chi connectivity index (χ1v) is 11.5. The van der Waals surface area contributed by atoms with Crippen LogP contribution in [0.3, 0.4) is 0 Å². The van der Waals surface area contributed by atoms with Crippen LogP contribution in [0, 0.1) is 0 Å². The van der Waals surface area contributed by atoms with Gasteiger partial charge in [0.1, 0.15) is 11.9 Å². The number of rotatable bonds is 7. The standard InChI is InChI=1S/C26H23N7O2/c1-2-4-22(34)29-18-9-16(11-27-13-18)17-10-20-24(32-33-25(20)28-12-17)26-30-21-6-3-5-19(23(21)31-26)15-7-8-35-14-15/h3,5-14,22,29,34H,2,4H2,1H3,(H,30,31)(H,28,32,33). The van der Waals surface area contributed by atoms with Gasteiger partial charge in [-0.15, -0.1) is 0 Å². The Bertz CT molecular complexity index is 1620. The van der Waals surface area contributed by atoms with Crippen molar-refractivity contribution < 1.29 is 9.52 Å². The number of aromatic nitrogens is 6. The van der Waals surface area contributed by atoms with Crippen LogP contribution in [0.15, 0.2) is 71.9 Å². The lowest BCUT2D eigenvalue weighted by Gasteiger charge is -2.13. The van der Waals surface area contributed by atoms with E-state index in [9.17, 15) is 5.11 Å². The number of fused-ring (bicyclic) bond motifs is 2. The molecule has 6 rings (SSSR count). The number of nitrogens with zero attached hydrogens (tertiary/aromatic N) is 4. The second-order valence-corrected chi connectivity index (χ2v) is 8.40. The van der Waals surface area contributed by atoms with E-state index < -0.39 is 6.23 Å². The molecule has 5 heterocycles. The molecule has 0 bridgehead atoms. The predicted molar refractivity (Wildman–Crippen MR) is 134 cm³/mol. The normalized spacial score (nSPS) is 12.4. The molecular formula is C26H23N7O2. The lowest BCUT2D eigenvalue weighted by Crippen LogP contribution is -2.18. The second-order valence-electron chi connectivity index (χ2n) is 8.40. The average molecular weight is 466 g/mol. The minimum atomic E-state index is -0.613. The first kappa shape index (κ1) is 21.1. The Morgan fingerprint density at radius 1 is 1.09 bits per heavy atom. The third-order valence-corrected chi connectivity index (χ3v) is 5.95. The Kier molecular flexibility index (Phi) is 5.23. The fourth-order valence-corrected chi connectivity index (χ4v) is 4.25. The molecule has 6 aromatic rings. The summed E-state index contributed by atoms with van der Waals surface area (Å²) in [6, 6.07) is 11.9. The molecule has 0 aliphatic carbocycles. The van der Waals surface area contributed by atoms with Gasteiger partial charge in [-0.25, -0.2) is 9.97 Å². The van der Waals surface area contributed by atoms with Crippen molar-refractivity contribution in [3.05, 3.63) is 67.5 Å². The van der Waals surface area contributed by atoms with E-state index in [2.05, 4.69) is 30.5 Å². The fraction of sp³-hybridized carbons (Fsp3) is 0.154. The van der Waals surface area contributed by atoms with Crippen molar-refractivity contribution in [3.8, 4) is 33.8 Å². The Labute approximate surface area is 200 Å². The molecule has 0 amide bonds. The smallest absolute Gasteiger partial charge is 0.159 e. The van der Waals surface area contributed by atoms with E-state index in [-0.39, 0.29) is 0 Å². The van der Waals surface area contributed by atoms with Crippen molar-refractivity contribution in [2.75, 3.05) is 5.32 Å². The fourth-order valence-electron chi connectivity index (χ4n) is 4.25. The molecule has 4 N–H and O–H groups in total. The number of pyridine rings is 2. The van der Waals surface area contributed by atoms with Gasteiger partial charge in [-0.2, -0.15) is 5.10 Å². The lowest BCUT2D eigenvalue weighted by atomic mass is 10.1. The van der Waals surface area contributed by atoms with E-state index in [1.54, 1.807) is 31.1 Å². The predicted octanol–water partition coefficient (Wildman–Crippen LogP) is 5.35. The summed E-state index contributed by atoms with van der Waals surface area (Å²) in [6.07, 6.45) is 9.55. The third-order valence-electron chi connectivity index (χ3n) is 5.95. The number of aliphatic hydroxyl groups is 1. The molecule has 0 aliphatic rings. The van der Waals surface area contributed by atoms with E-state index in [0.29, 0.717) is 23.6 Å². The summed E-state index contributed by atoms with van der Waals surface area (Å²) in [6.45, 7) is 2.03. The first-order valence-electron chi connectivity index (χ1n) is 11.5. The van der Waals surface area contributed by atoms with E-state index in [1.807, 2.05) is 43.3 Å². The number of aromatic amines is 2. The SMILES string of the molecule is CCCC(O)Nc1cncc(-c2cnc3[nH]nc(-c4nc5c(-c6ccoc6)cccc5[nH]4)c3c2)c1. The second kappa shape index (κ2) is 8.69. The van der Waals surface area contributed by atoms with Crippen LogP contribution in [0.4, 0.5) is 5.69 Å². The van der Waals surface area contributed by atoms with Crippen LogP contribution < -0.4 is 5.32 Å². The maximum absolute atomic E-state index is 10.1. The summed E-state index contributed by atoms with van der Waals surface area (Å²) >= 11 is 0. The van der Waals surface area contributed by atoms with Crippen molar-refractivity contribution in [1.29, 1.82) is 0 Å². The van der Waals surface area contributed by atoms with E-state index >= 15 is 0 Å². The molecule has 0 spiro atoms. The average Bonchev–Trinajstić information content (AvgIpc) is 3.63. The molecule has 0 fully saturated rings. The Balaban J connectivity index is 1.40. The van der Waals surface area contributed by atoms with Crippen molar-refractivity contribution >= 4 is 27.8 Å². The number of benzene rings is 1. The number of aliphatic hydroxyl groups excluding tert-OH is 1. The van der Waals surface area contributed by atoms with Crippen LogP contribution in [-0.4, -0.2) is 41.5 Å². The van der Waals surface area contributed by atoms with Gasteiger partial charge in [0.15, 0.2) is 11.5 Å². The van der Waals surface area contributed by atoms with E-state index in [4.69, 9.17) is 9.40 Å². The van der Waals surface area contributed by atoms with Gasteiger partial charge in [0.25, 0.3) is 0 Å². The highest BCUT2D eigenvalue weighted by Crippen LogP contribution is 2.32. The molecular weight excluding hydrogens is 442 g/mol. The molecule has 1 unspecified atom stereocenters. The van der Waals surface area contributed by atoms with Gasteiger partial charge in [-0.3, -0.25) is 10.1 Å². The van der Waals surface area contributed by atoms with Gasteiger partial charge in [0.05, 0.1) is 40.8 Å². The maximum atomic E-state index is 10.1. The number of anilines is 1. The van der Waals surface area contributed by atoms with Gasteiger partial charge in [0.2, 0.25) is 0 Å².